The zero-order chi connectivity index (χ0) is 18.7. The molecular formula is C18H26ClN3O3S. The number of hydrogen-bond donors (Lipinski definition) is 0. The molecule has 2 aliphatic rings. The van der Waals surface area contributed by atoms with E-state index in [-0.39, 0.29) is 11.8 Å². The molecule has 1 atom stereocenters. The Labute approximate surface area is 160 Å². The van der Waals surface area contributed by atoms with Crippen molar-refractivity contribution in [3.05, 3.63) is 34.9 Å². The van der Waals surface area contributed by atoms with E-state index in [4.69, 9.17) is 11.6 Å². The van der Waals surface area contributed by atoms with E-state index in [1.807, 2.05) is 29.2 Å². The van der Waals surface area contributed by atoms with Gasteiger partial charge in [0.2, 0.25) is 15.9 Å². The fraction of sp³-hybridized carbons (Fsp3) is 0.611. The molecule has 0 spiro atoms. The number of rotatable bonds is 4. The van der Waals surface area contributed by atoms with Gasteiger partial charge in [0, 0.05) is 50.8 Å². The molecule has 1 aromatic rings. The molecule has 6 nitrogen and oxygen atoms in total. The predicted molar refractivity (Wildman–Crippen MR) is 102 cm³/mol. The van der Waals surface area contributed by atoms with Gasteiger partial charge in [0.05, 0.1) is 12.2 Å². The lowest BCUT2D eigenvalue weighted by Gasteiger charge is -2.38. The van der Waals surface area contributed by atoms with Gasteiger partial charge in [-0.2, -0.15) is 0 Å². The quantitative estimate of drug-likeness (QED) is 0.772. The second kappa shape index (κ2) is 8.25. The van der Waals surface area contributed by atoms with E-state index < -0.39 is 10.0 Å². The summed E-state index contributed by atoms with van der Waals surface area (Å²) in [6.45, 7) is 4.75. The molecule has 0 aromatic heterocycles. The molecule has 0 saturated carbocycles. The number of carbonyl (C=O) groups excluding carboxylic acids is 1. The maximum Gasteiger partial charge on any atom is 0.227 e. The van der Waals surface area contributed by atoms with Crippen LogP contribution in [0.25, 0.3) is 0 Å². The SMILES string of the molecule is CS(=O)(=O)N1CCC[C@@H](C(=O)N2CCN(Cc3ccc(Cl)cc3)CC2)C1. The van der Waals surface area contributed by atoms with E-state index in [0.717, 1.165) is 37.5 Å². The van der Waals surface area contributed by atoms with Crippen LogP contribution in [0.15, 0.2) is 24.3 Å². The number of carbonyl (C=O) groups is 1. The maximum absolute atomic E-state index is 12.8. The summed E-state index contributed by atoms with van der Waals surface area (Å²) in [6.07, 6.45) is 2.74. The number of piperazine rings is 1. The van der Waals surface area contributed by atoms with Crippen LogP contribution in [0.5, 0.6) is 0 Å². The number of benzene rings is 1. The van der Waals surface area contributed by atoms with E-state index in [1.54, 1.807) is 0 Å². The van der Waals surface area contributed by atoms with E-state index in [0.29, 0.717) is 26.2 Å². The van der Waals surface area contributed by atoms with E-state index in [1.165, 1.54) is 16.1 Å². The molecule has 26 heavy (non-hydrogen) atoms. The average Bonchev–Trinajstić information content (AvgIpc) is 2.63. The summed E-state index contributed by atoms with van der Waals surface area (Å²) in [5.74, 6) is -0.106. The van der Waals surface area contributed by atoms with Gasteiger partial charge in [-0.25, -0.2) is 12.7 Å². The number of sulfonamides is 1. The van der Waals surface area contributed by atoms with Crippen LogP contribution in [0.2, 0.25) is 5.02 Å². The first-order valence-corrected chi connectivity index (χ1v) is 11.3. The third-order valence-electron chi connectivity index (χ3n) is 5.21. The van der Waals surface area contributed by atoms with Gasteiger partial charge in [-0.3, -0.25) is 9.69 Å². The highest BCUT2D eigenvalue weighted by Gasteiger charge is 2.33. The van der Waals surface area contributed by atoms with Crippen LogP contribution in [-0.2, 0) is 21.4 Å². The predicted octanol–water partition coefficient (Wildman–Crippen LogP) is 1.66. The molecule has 0 unspecified atom stereocenters. The monoisotopic (exact) mass is 399 g/mol. The van der Waals surface area contributed by atoms with E-state index in [2.05, 4.69) is 4.90 Å². The fourth-order valence-corrected chi connectivity index (χ4v) is 4.72. The molecular weight excluding hydrogens is 374 g/mol. The van der Waals surface area contributed by atoms with Gasteiger partial charge in [-0.15, -0.1) is 0 Å². The summed E-state index contributed by atoms with van der Waals surface area (Å²) < 4.78 is 24.9. The lowest BCUT2D eigenvalue weighted by atomic mass is 9.97. The molecule has 0 aliphatic carbocycles. The first kappa shape index (κ1) is 19.6. The van der Waals surface area contributed by atoms with Crippen molar-refractivity contribution in [3.63, 3.8) is 0 Å². The lowest BCUT2D eigenvalue weighted by molar-refractivity contribution is -0.138. The van der Waals surface area contributed by atoms with Gasteiger partial charge in [0.1, 0.15) is 0 Å². The minimum absolute atomic E-state index is 0.101. The van der Waals surface area contributed by atoms with Crippen LogP contribution in [-0.4, -0.2) is 74.0 Å². The van der Waals surface area contributed by atoms with Crippen molar-refractivity contribution in [1.82, 2.24) is 14.1 Å². The summed E-state index contributed by atoms with van der Waals surface area (Å²) >= 11 is 5.92. The van der Waals surface area contributed by atoms with Crippen LogP contribution in [0.3, 0.4) is 0 Å². The standard InChI is InChI=1S/C18H26ClN3O3S/c1-26(24,25)22-8-2-3-16(14-22)18(23)21-11-9-20(10-12-21)13-15-4-6-17(19)7-5-15/h4-7,16H,2-3,8-14H2,1H3/t16-/m1/s1. The Bertz CT molecular complexity index is 731. The van der Waals surface area contributed by atoms with Gasteiger partial charge in [-0.1, -0.05) is 23.7 Å². The molecule has 3 rings (SSSR count). The van der Waals surface area contributed by atoms with Crippen molar-refractivity contribution in [2.45, 2.75) is 19.4 Å². The lowest BCUT2D eigenvalue weighted by Crippen LogP contribution is -2.52. The van der Waals surface area contributed by atoms with Gasteiger partial charge >= 0.3 is 0 Å². The van der Waals surface area contributed by atoms with Crippen LogP contribution < -0.4 is 0 Å². The minimum atomic E-state index is -3.22. The zero-order valence-electron chi connectivity index (χ0n) is 15.1. The molecule has 1 amide bonds. The molecule has 2 heterocycles. The largest absolute Gasteiger partial charge is 0.340 e. The average molecular weight is 400 g/mol. The van der Waals surface area contributed by atoms with E-state index in [9.17, 15) is 13.2 Å². The Balaban J connectivity index is 1.51. The smallest absolute Gasteiger partial charge is 0.227 e. The highest BCUT2D eigenvalue weighted by Crippen LogP contribution is 2.22. The van der Waals surface area contributed by atoms with Crippen LogP contribution in [0.4, 0.5) is 0 Å². The van der Waals surface area contributed by atoms with Crippen molar-refractivity contribution in [2.75, 3.05) is 45.5 Å². The van der Waals surface area contributed by atoms with Crippen molar-refractivity contribution >= 4 is 27.5 Å². The highest BCUT2D eigenvalue weighted by atomic mass is 35.5. The minimum Gasteiger partial charge on any atom is -0.340 e. The fourth-order valence-electron chi connectivity index (χ4n) is 3.68. The van der Waals surface area contributed by atoms with Gasteiger partial charge in [-0.05, 0) is 30.5 Å². The number of amides is 1. The number of nitrogens with zero attached hydrogens (tertiary/aromatic N) is 3. The van der Waals surface area contributed by atoms with Crippen molar-refractivity contribution in [1.29, 1.82) is 0 Å². The third-order valence-corrected chi connectivity index (χ3v) is 6.73. The molecule has 2 fully saturated rings. The first-order valence-electron chi connectivity index (χ1n) is 9.03. The van der Waals surface area contributed by atoms with Crippen LogP contribution >= 0.6 is 11.6 Å². The second-order valence-electron chi connectivity index (χ2n) is 7.19. The van der Waals surface area contributed by atoms with Gasteiger partial charge in [0.15, 0.2) is 0 Å². The van der Waals surface area contributed by atoms with Crippen molar-refractivity contribution in [2.24, 2.45) is 5.92 Å². The Morgan fingerprint density at radius 1 is 1.12 bits per heavy atom. The number of piperidine rings is 1. The Morgan fingerprint density at radius 3 is 2.38 bits per heavy atom. The van der Waals surface area contributed by atoms with Crippen molar-refractivity contribution < 1.29 is 13.2 Å². The molecule has 8 heteroatoms. The normalized spacial score (nSPS) is 23.2. The van der Waals surface area contributed by atoms with Crippen LogP contribution in [0.1, 0.15) is 18.4 Å². The summed E-state index contributed by atoms with van der Waals surface area (Å²) in [7, 11) is -3.22. The van der Waals surface area contributed by atoms with Crippen molar-refractivity contribution in [3.8, 4) is 0 Å². The number of halogens is 1. The molecule has 2 saturated heterocycles. The first-order chi connectivity index (χ1) is 12.3. The third kappa shape index (κ3) is 4.97. The molecule has 1 aromatic carbocycles. The van der Waals surface area contributed by atoms with Gasteiger partial charge < -0.3 is 4.90 Å². The summed E-state index contributed by atoms with van der Waals surface area (Å²) in [6, 6.07) is 7.85. The zero-order valence-corrected chi connectivity index (χ0v) is 16.7. The molecule has 0 radical (unpaired) electrons. The molecule has 0 N–H and O–H groups in total. The molecule has 0 bridgehead atoms. The molecule has 2 aliphatic heterocycles. The Hall–Kier alpha value is -1.15. The second-order valence-corrected chi connectivity index (χ2v) is 9.61. The van der Waals surface area contributed by atoms with Gasteiger partial charge in [0.25, 0.3) is 0 Å². The number of hydrogen-bond acceptors (Lipinski definition) is 4. The summed E-state index contributed by atoms with van der Waals surface area (Å²) in [5.41, 5.74) is 1.21. The Morgan fingerprint density at radius 2 is 1.77 bits per heavy atom. The highest BCUT2D eigenvalue weighted by molar-refractivity contribution is 7.88. The van der Waals surface area contributed by atoms with Crippen LogP contribution in [0, 0.1) is 5.92 Å². The maximum atomic E-state index is 12.8. The van der Waals surface area contributed by atoms with E-state index >= 15 is 0 Å². The summed E-state index contributed by atoms with van der Waals surface area (Å²) in [4.78, 5) is 17.0. The molecule has 144 valence electrons. The topological polar surface area (TPSA) is 60.9 Å². The summed E-state index contributed by atoms with van der Waals surface area (Å²) in [5, 5.41) is 0.736. The Kier molecular flexibility index (Phi) is 6.22.